The fourth-order valence-electron chi connectivity index (χ4n) is 2.61. The highest BCUT2D eigenvalue weighted by atomic mass is 16.5. The molecule has 1 aromatic rings. The van der Waals surface area contributed by atoms with Crippen LogP contribution in [-0.2, 0) is 9.53 Å². The number of nitrogens with zero attached hydrogens (tertiary/aromatic N) is 1. The summed E-state index contributed by atoms with van der Waals surface area (Å²) in [5.41, 5.74) is 3.34. The van der Waals surface area contributed by atoms with E-state index in [1.807, 2.05) is 7.05 Å². The van der Waals surface area contributed by atoms with Crippen molar-refractivity contribution >= 4 is 12.0 Å². The number of aldehydes is 1. The topological polar surface area (TPSA) is 29.5 Å². The van der Waals surface area contributed by atoms with Crippen molar-refractivity contribution in [3.05, 3.63) is 29.3 Å². The molecule has 0 spiro atoms. The maximum absolute atomic E-state index is 11.3. The Labute approximate surface area is 109 Å². The minimum Gasteiger partial charge on any atom is -0.380 e. The maximum atomic E-state index is 11.3. The molecule has 1 unspecified atom stereocenters. The minimum atomic E-state index is -0.327. The number of benzene rings is 1. The molecule has 1 aliphatic rings. The monoisotopic (exact) mass is 247 g/mol. The third-order valence-electron chi connectivity index (χ3n) is 3.58. The molecule has 1 aromatic carbocycles. The Hall–Kier alpha value is -1.35. The number of rotatable bonds is 4. The molecule has 3 nitrogen and oxygen atoms in total. The first-order valence-corrected chi connectivity index (χ1v) is 6.38. The van der Waals surface area contributed by atoms with Crippen molar-refractivity contribution in [2.24, 2.45) is 5.41 Å². The van der Waals surface area contributed by atoms with E-state index in [2.05, 4.69) is 36.9 Å². The summed E-state index contributed by atoms with van der Waals surface area (Å²) in [6.45, 7) is 6.15. The van der Waals surface area contributed by atoms with Crippen LogP contribution in [0.1, 0.15) is 17.5 Å². The van der Waals surface area contributed by atoms with Crippen LogP contribution in [0.15, 0.2) is 18.2 Å². The fourth-order valence-corrected chi connectivity index (χ4v) is 2.61. The van der Waals surface area contributed by atoms with E-state index < -0.39 is 0 Å². The average Bonchev–Trinajstić information content (AvgIpc) is 2.77. The second-order valence-corrected chi connectivity index (χ2v) is 5.48. The van der Waals surface area contributed by atoms with Gasteiger partial charge in [0.2, 0.25) is 0 Å². The molecule has 18 heavy (non-hydrogen) atoms. The minimum absolute atomic E-state index is 0.327. The molecule has 1 heterocycles. The van der Waals surface area contributed by atoms with Crippen molar-refractivity contribution in [1.29, 1.82) is 0 Å². The lowest BCUT2D eigenvalue weighted by atomic mass is 9.88. The third kappa shape index (κ3) is 2.72. The zero-order valence-electron chi connectivity index (χ0n) is 11.4. The molecule has 0 bridgehead atoms. The molecule has 3 heteroatoms. The summed E-state index contributed by atoms with van der Waals surface area (Å²) in [4.78, 5) is 13.5. The first kappa shape index (κ1) is 13.1. The highest BCUT2D eigenvalue weighted by Gasteiger charge is 2.36. The Morgan fingerprint density at radius 3 is 2.50 bits per heavy atom. The van der Waals surface area contributed by atoms with Crippen LogP contribution >= 0.6 is 0 Å². The first-order chi connectivity index (χ1) is 8.54. The molecule has 1 atom stereocenters. The Kier molecular flexibility index (Phi) is 3.71. The molecule has 0 radical (unpaired) electrons. The van der Waals surface area contributed by atoms with E-state index in [1.54, 1.807) is 0 Å². The molecule has 1 fully saturated rings. The zero-order valence-corrected chi connectivity index (χ0v) is 11.4. The molecular formula is C15H21NO2. The van der Waals surface area contributed by atoms with Gasteiger partial charge in [0.05, 0.1) is 12.0 Å². The second kappa shape index (κ2) is 5.11. The maximum Gasteiger partial charge on any atom is 0.130 e. The van der Waals surface area contributed by atoms with E-state index in [0.717, 1.165) is 19.3 Å². The van der Waals surface area contributed by atoms with Gasteiger partial charge in [0.1, 0.15) is 6.29 Å². The van der Waals surface area contributed by atoms with Crippen LogP contribution in [0.2, 0.25) is 0 Å². The predicted molar refractivity (Wildman–Crippen MR) is 73.1 cm³/mol. The van der Waals surface area contributed by atoms with E-state index in [-0.39, 0.29) is 5.41 Å². The molecule has 1 saturated heterocycles. The van der Waals surface area contributed by atoms with Gasteiger partial charge in [-0.15, -0.1) is 0 Å². The van der Waals surface area contributed by atoms with E-state index in [9.17, 15) is 4.79 Å². The van der Waals surface area contributed by atoms with Crippen molar-refractivity contribution < 1.29 is 9.53 Å². The largest absolute Gasteiger partial charge is 0.380 e. The lowest BCUT2D eigenvalue weighted by Gasteiger charge is -2.29. The number of ether oxygens (including phenoxy) is 1. The molecule has 0 saturated carbocycles. The third-order valence-corrected chi connectivity index (χ3v) is 3.58. The van der Waals surface area contributed by atoms with Gasteiger partial charge in [0.15, 0.2) is 0 Å². The Morgan fingerprint density at radius 2 is 2.00 bits per heavy atom. The summed E-state index contributed by atoms with van der Waals surface area (Å²) >= 11 is 0. The van der Waals surface area contributed by atoms with Gasteiger partial charge in [0.25, 0.3) is 0 Å². The first-order valence-electron chi connectivity index (χ1n) is 6.38. The van der Waals surface area contributed by atoms with Crippen molar-refractivity contribution in [3.63, 3.8) is 0 Å². The number of carbonyl (C=O) groups is 1. The standard InChI is InChI=1S/C15H21NO2/c1-12-6-13(2)8-14(7-12)16(3)9-15(10-17)4-5-18-11-15/h6-8,10H,4-5,9,11H2,1-3H3. The van der Waals surface area contributed by atoms with Crippen molar-refractivity contribution in [3.8, 4) is 0 Å². The summed E-state index contributed by atoms with van der Waals surface area (Å²) in [5.74, 6) is 0. The summed E-state index contributed by atoms with van der Waals surface area (Å²) in [7, 11) is 2.04. The molecule has 0 N–H and O–H groups in total. The van der Waals surface area contributed by atoms with Gasteiger partial charge >= 0.3 is 0 Å². The van der Waals surface area contributed by atoms with Gasteiger partial charge in [0, 0.05) is 25.9 Å². The molecule has 0 amide bonds. The SMILES string of the molecule is Cc1cc(C)cc(N(C)CC2(C=O)CCOC2)c1. The van der Waals surface area contributed by atoms with Crippen LogP contribution in [0, 0.1) is 19.3 Å². The molecule has 0 aromatic heterocycles. The number of aryl methyl sites for hydroxylation is 2. The van der Waals surface area contributed by atoms with Crippen LogP contribution in [0.5, 0.6) is 0 Å². The normalized spacial score (nSPS) is 23.1. The number of anilines is 1. The van der Waals surface area contributed by atoms with Crippen LogP contribution in [0.3, 0.4) is 0 Å². The molecule has 1 aliphatic heterocycles. The highest BCUT2D eigenvalue weighted by molar-refractivity contribution is 5.62. The Bertz CT molecular complexity index is 416. The van der Waals surface area contributed by atoms with Crippen molar-refractivity contribution in [2.45, 2.75) is 20.3 Å². The summed E-state index contributed by atoms with van der Waals surface area (Å²) < 4.78 is 5.38. The highest BCUT2D eigenvalue weighted by Crippen LogP contribution is 2.29. The van der Waals surface area contributed by atoms with Crippen molar-refractivity contribution in [1.82, 2.24) is 0 Å². The molecular weight excluding hydrogens is 226 g/mol. The smallest absolute Gasteiger partial charge is 0.130 e. The second-order valence-electron chi connectivity index (χ2n) is 5.48. The average molecular weight is 247 g/mol. The Balaban J connectivity index is 2.15. The van der Waals surface area contributed by atoms with Crippen LogP contribution in [0.4, 0.5) is 5.69 Å². The van der Waals surface area contributed by atoms with Gasteiger partial charge < -0.3 is 14.4 Å². The van der Waals surface area contributed by atoms with Gasteiger partial charge in [-0.1, -0.05) is 6.07 Å². The molecule has 2 rings (SSSR count). The van der Waals surface area contributed by atoms with Gasteiger partial charge in [-0.25, -0.2) is 0 Å². The lowest BCUT2D eigenvalue weighted by Crippen LogP contribution is -2.37. The van der Waals surface area contributed by atoms with Crippen LogP contribution < -0.4 is 4.90 Å². The summed E-state index contributed by atoms with van der Waals surface area (Å²) in [6, 6.07) is 6.47. The van der Waals surface area contributed by atoms with Crippen molar-refractivity contribution in [2.75, 3.05) is 31.7 Å². The molecule has 98 valence electrons. The van der Waals surface area contributed by atoms with E-state index in [1.165, 1.54) is 16.8 Å². The quantitative estimate of drug-likeness (QED) is 0.765. The van der Waals surface area contributed by atoms with Crippen LogP contribution in [0.25, 0.3) is 0 Å². The van der Waals surface area contributed by atoms with Crippen LogP contribution in [-0.4, -0.2) is 33.1 Å². The lowest BCUT2D eigenvalue weighted by molar-refractivity contribution is -0.115. The van der Waals surface area contributed by atoms with Gasteiger partial charge in [-0.2, -0.15) is 0 Å². The molecule has 0 aliphatic carbocycles. The zero-order chi connectivity index (χ0) is 13.2. The number of hydrogen-bond acceptors (Lipinski definition) is 3. The van der Waals surface area contributed by atoms with Gasteiger partial charge in [-0.05, 0) is 43.5 Å². The van der Waals surface area contributed by atoms with E-state index in [0.29, 0.717) is 13.2 Å². The fraction of sp³-hybridized carbons (Fsp3) is 0.533. The Morgan fingerprint density at radius 1 is 1.33 bits per heavy atom. The summed E-state index contributed by atoms with van der Waals surface area (Å²) in [5, 5.41) is 0. The number of carbonyl (C=O) groups excluding carboxylic acids is 1. The number of hydrogen-bond donors (Lipinski definition) is 0. The van der Waals surface area contributed by atoms with E-state index in [4.69, 9.17) is 4.74 Å². The van der Waals surface area contributed by atoms with E-state index >= 15 is 0 Å². The summed E-state index contributed by atoms with van der Waals surface area (Å²) in [6.07, 6.45) is 1.89. The predicted octanol–water partition coefficient (Wildman–Crippen LogP) is 2.35. The van der Waals surface area contributed by atoms with Gasteiger partial charge in [-0.3, -0.25) is 0 Å².